The standard InChI is InChI=1S/C19H25ClN2O4/c1-13(23)26-16-6-4-5-14(11-16)17(24)21-15-7-9-22(10-8-15)18(25)19(2,3)12-20/h4-6,11,15H,7-10,12H2,1-3H3,(H,21,24). The second-order valence-corrected chi connectivity index (χ2v) is 7.45. The van der Waals surface area contributed by atoms with E-state index in [4.69, 9.17) is 16.3 Å². The minimum Gasteiger partial charge on any atom is -0.427 e. The van der Waals surface area contributed by atoms with Crippen molar-refractivity contribution in [2.75, 3.05) is 19.0 Å². The number of rotatable bonds is 5. The Morgan fingerprint density at radius 3 is 2.50 bits per heavy atom. The summed E-state index contributed by atoms with van der Waals surface area (Å²) in [5.41, 5.74) is -0.139. The summed E-state index contributed by atoms with van der Waals surface area (Å²) in [7, 11) is 0. The first-order valence-corrected chi connectivity index (χ1v) is 9.21. The third-order valence-electron chi connectivity index (χ3n) is 4.39. The van der Waals surface area contributed by atoms with E-state index in [1.54, 1.807) is 24.3 Å². The molecule has 1 aromatic rings. The number of likely N-dealkylation sites (tertiary alicyclic amines) is 1. The highest BCUT2D eigenvalue weighted by Crippen LogP contribution is 2.23. The molecule has 2 rings (SSSR count). The van der Waals surface area contributed by atoms with Crippen molar-refractivity contribution in [3.8, 4) is 5.75 Å². The van der Waals surface area contributed by atoms with E-state index in [2.05, 4.69) is 5.32 Å². The van der Waals surface area contributed by atoms with Crippen molar-refractivity contribution in [1.29, 1.82) is 0 Å². The summed E-state index contributed by atoms with van der Waals surface area (Å²) in [6.07, 6.45) is 1.39. The second-order valence-electron chi connectivity index (χ2n) is 7.18. The second kappa shape index (κ2) is 8.54. The molecule has 1 aliphatic rings. The predicted octanol–water partition coefficient (Wildman–Crippen LogP) is 2.60. The van der Waals surface area contributed by atoms with E-state index in [-0.39, 0.29) is 23.7 Å². The molecule has 0 radical (unpaired) electrons. The molecule has 1 aliphatic heterocycles. The quantitative estimate of drug-likeness (QED) is 0.484. The molecule has 0 saturated carbocycles. The molecule has 1 N–H and O–H groups in total. The maximum Gasteiger partial charge on any atom is 0.308 e. The topological polar surface area (TPSA) is 75.7 Å². The smallest absolute Gasteiger partial charge is 0.308 e. The highest BCUT2D eigenvalue weighted by atomic mass is 35.5. The molecule has 2 amide bonds. The maximum atomic E-state index is 12.4. The molecule has 6 nitrogen and oxygen atoms in total. The third kappa shape index (κ3) is 5.21. The van der Waals surface area contributed by atoms with Gasteiger partial charge >= 0.3 is 5.97 Å². The van der Waals surface area contributed by atoms with Gasteiger partial charge < -0.3 is 15.0 Å². The van der Waals surface area contributed by atoms with Crippen molar-refractivity contribution in [2.45, 2.75) is 39.7 Å². The van der Waals surface area contributed by atoms with Gasteiger partial charge in [-0.25, -0.2) is 0 Å². The summed E-state index contributed by atoms with van der Waals surface area (Å²) >= 11 is 5.88. The molecule has 0 aliphatic carbocycles. The first kappa shape index (κ1) is 20.2. The SMILES string of the molecule is CC(=O)Oc1cccc(C(=O)NC2CCN(C(=O)C(C)(C)CCl)CC2)c1. The third-order valence-corrected chi connectivity index (χ3v) is 5.06. The molecule has 1 aromatic carbocycles. The number of halogens is 1. The Kier molecular flexibility index (Phi) is 6.64. The van der Waals surface area contributed by atoms with Crippen LogP contribution in [0.2, 0.25) is 0 Å². The normalized spacial score (nSPS) is 15.5. The van der Waals surface area contributed by atoms with Crippen LogP contribution >= 0.6 is 11.6 Å². The van der Waals surface area contributed by atoms with Crippen LogP contribution in [-0.4, -0.2) is 47.7 Å². The van der Waals surface area contributed by atoms with Crippen LogP contribution in [0.3, 0.4) is 0 Å². The van der Waals surface area contributed by atoms with Gasteiger partial charge in [0.1, 0.15) is 5.75 Å². The highest BCUT2D eigenvalue weighted by Gasteiger charge is 2.33. The Labute approximate surface area is 158 Å². The number of carbonyl (C=O) groups is 3. The zero-order valence-corrected chi connectivity index (χ0v) is 16.1. The number of nitrogens with one attached hydrogen (secondary N) is 1. The number of hydrogen-bond donors (Lipinski definition) is 1. The van der Waals surface area contributed by atoms with Crippen LogP contribution in [0, 0.1) is 5.41 Å². The number of amides is 2. The number of ether oxygens (including phenoxy) is 1. The molecule has 0 bridgehead atoms. The average Bonchev–Trinajstić information content (AvgIpc) is 2.61. The van der Waals surface area contributed by atoms with Crippen molar-refractivity contribution in [2.24, 2.45) is 5.41 Å². The fourth-order valence-electron chi connectivity index (χ4n) is 2.85. The summed E-state index contributed by atoms with van der Waals surface area (Å²) in [5, 5.41) is 2.98. The summed E-state index contributed by atoms with van der Waals surface area (Å²) in [6.45, 7) is 6.18. The molecule has 1 heterocycles. The van der Waals surface area contributed by atoms with Gasteiger partial charge in [-0.1, -0.05) is 6.07 Å². The summed E-state index contributed by atoms with van der Waals surface area (Å²) in [5.74, 6) is 0.0193. The number of nitrogens with zero attached hydrogens (tertiary/aromatic N) is 1. The molecule has 0 atom stereocenters. The van der Waals surface area contributed by atoms with Gasteiger partial charge in [-0.15, -0.1) is 11.6 Å². The Morgan fingerprint density at radius 2 is 1.92 bits per heavy atom. The fourth-order valence-corrected chi connectivity index (χ4v) is 2.96. The van der Waals surface area contributed by atoms with Crippen molar-refractivity contribution >= 4 is 29.4 Å². The van der Waals surface area contributed by atoms with E-state index in [9.17, 15) is 14.4 Å². The van der Waals surface area contributed by atoms with Crippen LogP contribution in [0.4, 0.5) is 0 Å². The van der Waals surface area contributed by atoms with Crippen LogP contribution in [-0.2, 0) is 9.59 Å². The zero-order valence-electron chi connectivity index (χ0n) is 15.4. The lowest BCUT2D eigenvalue weighted by molar-refractivity contribution is -0.140. The van der Waals surface area contributed by atoms with E-state index in [1.807, 2.05) is 18.7 Å². The van der Waals surface area contributed by atoms with Crippen LogP contribution < -0.4 is 10.1 Å². The van der Waals surface area contributed by atoms with Gasteiger partial charge in [-0.2, -0.15) is 0 Å². The van der Waals surface area contributed by atoms with Crippen LogP contribution in [0.25, 0.3) is 0 Å². The molecular weight excluding hydrogens is 356 g/mol. The van der Waals surface area contributed by atoms with E-state index in [0.29, 0.717) is 37.2 Å². The lowest BCUT2D eigenvalue weighted by Gasteiger charge is -2.36. The lowest BCUT2D eigenvalue weighted by atomic mass is 9.92. The Balaban J connectivity index is 1.90. The number of carbonyl (C=O) groups excluding carboxylic acids is 3. The summed E-state index contributed by atoms with van der Waals surface area (Å²) in [4.78, 5) is 37.7. The largest absolute Gasteiger partial charge is 0.427 e. The van der Waals surface area contributed by atoms with E-state index in [1.165, 1.54) is 6.92 Å². The van der Waals surface area contributed by atoms with E-state index < -0.39 is 11.4 Å². The molecule has 1 saturated heterocycles. The van der Waals surface area contributed by atoms with Gasteiger partial charge in [-0.05, 0) is 44.9 Å². The van der Waals surface area contributed by atoms with Gasteiger partial charge in [0.2, 0.25) is 5.91 Å². The molecule has 1 fully saturated rings. The first-order valence-electron chi connectivity index (χ1n) is 8.67. The van der Waals surface area contributed by atoms with Gasteiger partial charge in [0.15, 0.2) is 0 Å². The highest BCUT2D eigenvalue weighted by molar-refractivity contribution is 6.19. The molecular formula is C19H25ClN2O4. The Bertz CT molecular complexity index is 682. The molecule has 142 valence electrons. The van der Waals surface area contributed by atoms with Crippen LogP contribution in [0.1, 0.15) is 44.0 Å². The van der Waals surface area contributed by atoms with Crippen molar-refractivity contribution in [1.82, 2.24) is 10.2 Å². The molecule has 0 unspecified atom stereocenters. The zero-order chi connectivity index (χ0) is 19.3. The first-order chi connectivity index (χ1) is 12.2. The van der Waals surface area contributed by atoms with Crippen LogP contribution in [0.5, 0.6) is 5.75 Å². The number of benzene rings is 1. The van der Waals surface area contributed by atoms with Gasteiger partial charge in [-0.3, -0.25) is 14.4 Å². The monoisotopic (exact) mass is 380 g/mol. The van der Waals surface area contributed by atoms with Crippen molar-refractivity contribution in [3.05, 3.63) is 29.8 Å². The number of piperidine rings is 1. The van der Waals surface area contributed by atoms with E-state index in [0.717, 1.165) is 0 Å². The van der Waals surface area contributed by atoms with Crippen molar-refractivity contribution in [3.63, 3.8) is 0 Å². The molecule has 26 heavy (non-hydrogen) atoms. The summed E-state index contributed by atoms with van der Waals surface area (Å²) < 4.78 is 5.00. The number of esters is 1. The van der Waals surface area contributed by atoms with Gasteiger partial charge in [0.25, 0.3) is 5.91 Å². The van der Waals surface area contributed by atoms with Gasteiger partial charge in [0.05, 0.1) is 5.41 Å². The predicted molar refractivity (Wildman–Crippen MR) is 99.3 cm³/mol. The van der Waals surface area contributed by atoms with Gasteiger partial charge in [0, 0.05) is 37.5 Å². The Hall–Kier alpha value is -2.08. The lowest BCUT2D eigenvalue weighted by Crippen LogP contribution is -2.50. The number of hydrogen-bond acceptors (Lipinski definition) is 4. The van der Waals surface area contributed by atoms with Crippen LogP contribution in [0.15, 0.2) is 24.3 Å². The minimum absolute atomic E-state index is 0.00282. The molecule has 0 aromatic heterocycles. The van der Waals surface area contributed by atoms with E-state index >= 15 is 0 Å². The molecule has 0 spiro atoms. The minimum atomic E-state index is -0.575. The maximum absolute atomic E-state index is 12.4. The number of alkyl halides is 1. The average molecular weight is 381 g/mol. The summed E-state index contributed by atoms with van der Waals surface area (Å²) in [6, 6.07) is 6.51. The van der Waals surface area contributed by atoms with Crippen molar-refractivity contribution < 1.29 is 19.1 Å². The Morgan fingerprint density at radius 1 is 1.27 bits per heavy atom. The molecule has 7 heteroatoms. The fraction of sp³-hybridized carbons (Fsp3) is 0.526.